The summed E-state index contributed by atoms with van der Waals surface area (Å²) in [6.45, 7) is 5.87. The Morgan fingerprint density at radius 2 is 1.48 bits per heavy atom. The fourth-order valence-electron chi connectivity index (χ4n) is 2.46. The number of carbonyl (C=O) groups excluding carboxylic acids is 1. The van der Waals surface area contributed by atoms with Gasteiger partial charge in [-0.1, -0.05) is 42.5 Å². The van der Waals surface area contributed by atoms with E-state index in [9.17, 15) is 4.79 Å². The topological polar surface area (TPSA) is 38.7 Å². The van der Waals surface area contributed by atoms with Crippen molar-refractivity contribution < 1.29 is 9.53 Å². The molecular formula is C20H19NO2. The number of hydrogen-bond donors (Lipinski definition) is 0. The fraction of sp³-hybridized carbons (Fsp3) is 0.200. The smallest absolute Gasteiger partial charge is 0.190 e. The highest BCUT2D eigenvalue weighted by molar-refractivity contribution is 6.26. The lowest BCUT2D eigenvalue weighted by atomic mass is 9.92. The number of ketones is 1. The van der Waals surface area contributed by atoms with Crippen molar-refractivity contribution in [3.63, 3.8) is 0 Å². The molecule has 3 nitrogen and oxygen atoms in total. The summed E-state index contributed by atoms with van der Waals surface area (Å²) in [5.74, 6) is 0.469. The molecule has 0 unspecified atom stereocenters. The van der Waals surface area contributed by atoms with Gasteiger partial charge < -0.3 is 4.74 Å². The number of rotatable bonds is 2. The molecule has 0 aliphatic heterocycles. The number of nitrogens with zero attached hydrogens (tertiary/aromatic N) is 1. The van der Waals surface area contributed by atoms with Crippen molar-refractivity contribution in [1.29, 1.82) is 0 Å². The van der Waals surface area contributed by atoms with Gasteiger partial charge >= 0.3 is 0 Å². The van der Waals surface area contributed by atoms with Crippen molar-refractivity contribution in [3.8, 4) is 0 Å². The fourth-order valence-corrected chi connectivity index (χ4v) is 2.46. The molecule has 1 aliphatic carbocycles. The maximum absolute atomic E-state index is 12.4. The molecule has 0 bridgehead atoms. The number of hydrogen-bond acceptors (Lipinski definition) is 3. The molecule has 0 N–H and O–H groups in total. The van der Waals surface area contributed by atoms with Gasteiger partial charge in [0.15, 0.2) is 5.78 Å². The van der Waals surface area contributed by atoms with Gasteiger partial charge in [-0.15, -0.1) is 0 Å². The van der Waals surface area contributed by atoms with Crippen molar-refractivity contribution in [3.05, 3.63) is 77.6 Å². The van der Waals surface area contributed by atoms with E-state index in [2.05, 4.69) is 0 Å². The van der Waals surface area contributed by atoms with Gasteiger partial charge in [-0.05, 0) is 32.9 Å². The molecule has 0 atom stereocenters. The van der Waals surface area contributed by atoms with Gasteiger partial charge in [-0.2, -0.15) is 0 Å². The van der Waals surface area contributed by atoms with Gasteiger partial charge in [-0.3, -0.25) is 4.79 Å². The zero-order valence-electron chi connectivity index (χ0n) is 13.5. The molecule has 0 spiro atoms. The standard InChI is InChI=1S/C20H19NO2/c1-20(2,3)23-18-13-17(22)15-11-7-8-12-16(15)19(18)21-14-9-5-4-6-10-14/h4-13H,1-3H3. The van der Waals surface area contributed by atoms with Gasteiger partial charge in [0, 0.05) is 17.2 Å². The Morgan fingerprint density at radius 3 is 2.13 bits per heavy atom. The van der Waals surface area contributed by atoms with E-state index in [1.165, 1.54) is 6.08 Å². The van der Waals surface area contributed by atoms with Crippen LogP contribution in [0.5, 0.6) is 0 Å². The van der Waals surface area contributed by atoms with E-state index in [0.29, 0.717) is 17.0 Å². The molecule has 0 amide bonds. The third kappa shape index (κ3) is 3.39. The van der Waals surface area contributed by atoms with Crippen LogP contribution in [0.1, 0.15) is 36.7 Å². The minimum absolute atomic E-state index is 0.0492. The Labute approximate surface area is 136 Å². The second-order valence-electron chi connectivity index (χ2n) is 6.43. The van der Waals surface area contributed by atoms with Gasteiger partial charge in [0.25, 0.3) is 0 Å². The van der Waals surface area contributed by atoms with Gasteiger partial charge in [0.2, 0.25) is 0 Å². The molecule has 1 aliphatic rings. The highest BCUT2D eigenvalue weighted by atomic mass is 16.5. The molecule has 0 saturated carbocycles. The van der Waals surface area contributed by atoms with Crippen molar-refractivity contribution in [1.82, 2.24) is 0 Å². The first-order valence-electron chi connectivity index (χ1n) is 7.62. The van der Waals surface area contributed by atoms with Crippen LogP contribution >= 0.6 is 0 Å². The van der Waals surface area contributed by atoms with Crippen LogP contribution in [0.15, 0.2) is 71.4 Å². The SMILES string of the molecule is CC(C)(C)OC1=CC(=O)c2ccccc2C1=Nc1ccccc1. The summed E-state index contributed by atoms with van der Waals surface area (Å²) in [4.78, 5) is 17.1. The van der Waals surface area contributed by atoms with Gasteiger partial charge in [0.05, 0.1) is 5.69 Å². The lowest BCUT2D eigenvalue weighted by Gasteiger charge is -2.27. The molecule has 116 valence electrons. The molecule has 23 heavy (non-hydrogen) atoms. The van der Waals surface area contributed by atoms with Crippen LogP contribution in [0.2, 0.25) is 0 Å². The second kappa shape index (κ2) is 5.84. The first-order valence-corrected chi connectivity index (χ1v) is 7.62. The predicted octanol–water partition coefficient (Wildman–Crippen LogP) is 4.70. The van der Waals surface area contributed by atoms with Gasteiger partial charge in [-0.25, -0.2) is 4.99 Å². The number of para-hydroxylation sites is 1. The lowest BCUT2D eigenvalue weighted by molar-refractivity contribution is 0.0630. The summed E-state index contributed by atoms with van der Waals surface area (Å²) in [7, 11) is 0. The van der Waals surface area contributed by atoms with Crippen molar-refractivity contribution in [2.24, 2.45) is 4.99 Å². The molecule has 0 heterocycles. The Hall–Kier alpha value is -2.68. The summed E-state index contributed by atoms with van der Waals surface area (Å²) in [5.41, 5.74) is 2.58. The number of carbonyl (C=O) groups is 1. The quantitative estimate of drug-likeness (QED) is 0.806. The average molecular weight is 305 g/mol. The van der Waals surface area contributed by atoms with Crippen molar-refractivity contribution >= 4 is 17.2 Å². The van der Waals surface area contributed by atoms with Gasteiger partial charge in [0.1, 0.15) is 17.1 Å². The van der Waals surface area contributed by atoms with E-state index in [-0.39, 0.29) is 5.78 Å². The van der Waals surface area contributed by atoms with E-state index in [1.807, 2.05) is 75.4 Å². The number of fused-ring (bicyclic) bond motifs is 1. The summed E-state index contributed by atoms with van der Waals surface area (Å²) in [5, 5.41) is 0. The molecule has 2 aromatic rings. The molecule has 2 aromatic carbocycles. The Balaban J connectivity index is 2.15. The summed E-state index contributed by atoms with van der Waals surface area (Å²) in [6.07, 6.45) is 1.54. The minimum Gasteiger partial charge on any atom is -0.486 e. The highest BCUT2D eigenvalue weighted by Crippen LogP contribution is 2.28. The van der Waals surface area contributed by atoms with Crippen LogP contribution in [0.25, 0.3) is 0 Å². The van der Waals surface area contributed by atoms with E-state index in [4.69, 9.17) is 9.73 Å². The van der Waals surface area contributed by atoms with E-state index >= 15 is 0 Å². The first-order chi connectivity index (χ1) is 10.9. The third-order valence-corrected chi connectivity index (χ3v) is 3.36. The zero-order valence-corrected chi connectivity index (χ0v) is 13.5. The minimum atomic E-state index is -0.407. The molecule has 0 radical (unpaired) electrons. The molecule has 0 aromatic heterocycles. The number of ether oxygens (including phenoxy) is 1. The van der Waals surface area contributed by atoms with Crippen LogP contribution in [0, 0.1) is 0 Å². The van der Waals surface area contributed by atoms with Crippen molar-refractivity contribution in [2.45, 2.75) is 26.4 Å². The molecular weight excluding hydrogens is 286 g/mol. The summed E-state index contributed by atoms with van der Waals surface area (Å²) < 4.78 is 6.00. The summed E-state index contributed by atoms with van der Waals surface area (Å²) >= 11 is 0. The van der Waals surface area contributed by atoms with Crippen LogP contribution in [-0.2, 0) is 4.74 Å². The Kier molecular flexibility index (Phi) is 3.87. The largest absolute Gasteiger partial charge is 0.486 e. The first kappa shape index (κ1) is 15.2. The molecule has 3 rings (SSSR count). The zero-order chi connectivity index (χ0) is 16.4. The Morgan fingerprint density at radius 1 is 0.870 bits per heavy atom. The monoisotopic (exact) mass is 305 g/mol. The average Bonchev–Trinajstić information content (AvgIpc) is 2.51. The van der Waals surface area contributed by atoms with Crippen molar-refractivity contribution in [2.75, 3.05) is 0 Å². The van der Waals surface area contributed by atoms with E-state index in [1.54, 1.807) is 0 Å². The molecule has 3 heteroatoms. The van der Waals surface area contributed by atoms with Crippen LogP contribution < -0.4 is 0 Å². The Bertz CT molecular complexity index is 796. The van der Waals surface area contributed by atoms with E-state index in [0.717, 1.165) is 11.3 Å². The predicted molar refractivity (Wildman–Crippen MR) is 92.3 cm³/mol. The summed E-state index contributed by atoms with van der Waals surface area (Å²) in [6, 6.07) is 17.2. The number of allylic oxidation sites excluding steroid dienone is 2. The maximum Gasteiger partial charge on any atom is 0.190 e. The lowest BCUT2D eigenvalue weighted by Crippen LogP contribution is -2.26. The van der Waals surface area contributed by atoms with Crippen LogP contribution in [-0.4, -0.2) is 17.1 Å². The van der Waals surface area contributed by atoms with E-state index < -0.39 is 5.60 Å². The maximum atomic E-state index is 12.4. The van der Waals surface area contributed by atoms with Crippen LogP contribution in [0.3, 0.4) is 0 Å². The number of aliphatic imine (C=N–C) groups is 1. The highest BCUT2D eigenvalue weighted by Gasteiger charge is 2.27. The molecule has 0 fully saturated rings. The second-order valence-corrected chi connectivity index (χ2v) is 6.43. The molecule has 0 saturated heterocycles. The third-order valence-electron chi connectivity index (χ3n) is 3.36. The normalized spacial score (nSPS) is 16.0. The number of benzene rings is 2. The van der Waals surface area contributed by atoms with Crippen LogP contribution in [0.4, 0.5) is 5.69 Å².